The Balaban J connectivity index is 1.91. The molecule has 1 aliphatic carbocycles. The lowest BCUT2D eigenvalue weighted by Gasteiger charge is -2.24. The van der Waals surface area contributed by atoms with E-state index in [0.29, 0.717) is 18.0 Å². The van der Waals surface area contributed by atoms with Crippen LogP contribution in [0.1, 0.15) is 29.6 Å². The number of carboxylic acids is 1. The number of likely N-dealkylation sites (tertiary alicyclic amines) is 1. The summed E-state index contributed by atoms with van der Waals surface area (Å²) in [5.41, 5.74) is 0.549. The Morgan fingerprint density at radius 2 is 2.10 bits per heavy atom. The highest BCUT2D eigenvalue weighted by atomic mass is 79.9. The van der Waals surface area contributed by atoms with Crippen LogP contribution in [0.3, 0.4) is 0 Å². The lowest BCUT2D eigenvalue weighted by molar-refractivity contribution is -0.142. The number of rotatable bonds is 2. The topological polar surface area (TPSA) is 57.6 Å². The Morgan fingerprint density at radius 1 is 1.35 bits per heavy atom. The van der Waals surface area contributed by atoms with Gasteiger partial charge in [-0.15, -0.1) is 11.3 Å². The number of amides is 1. The molecule has 1 aromatic rings. The molecule has 0 aromatic carbocycles. The van der Waals surface area contributed by atoms with Crippen molar-refractivity contribution in [2.75, 3.05) is 6.54 Å². The molecular weight excluding hydrogens is 410 g/mol. The van der Waals surface area contributed by atoms with Crippen LogP contribution in [0.25, 0.3) is 0 Å². The van der Waals surface area contributed by atoms with Crippen LogP contribution >= 0.6 is 43.2 Å². The minimum absolute atomic E-state index is 0.123. The van der Waals surface area contributed by atoms with Crippen molar-refractivity contribution in [1.29, 1.82) is 0 Å². The quantitative estimate of drug-likeness (QED) is 0.791. The zero-order chi connectivity index (χ0) is 14.4. The Labute approximate surface area is 137 Å². The molecule has 3 unspecified atom stereocenters. The third-order valence-corrected chi connectivity index (χ3v) is 6.63. The lowest BCUT2D eigenvalue weighted by atomic mass is 9.94. The molecule has 0 spiro atoms. The van der Waals surface area contributed by atoms with E-state index in [1.54, 1.807) is 11.0 Å². The zero-order valence-corrected chi connectivity index (χ0v) is 14.5. The fourth-order valence-electron chi connectivity index (χ4n) is 3.47. The summed E-state index contributed by atoms with van der Waals surface area (Å²) < 4.78 is 1.61. The van der Waals surface area contributed by atoms with Crippen LogP contribution in [-0.2, 0) is 4.79 Å². The van der Waals surface area contributed by atoms with E-state index in [2.05, 4.69) is 31.9 Å². The Kier molecular flexibility index (Phi) is 3.94. The molecule has 7 heteroatoms. The molecule has 4 nitrogen and oxygen atoms in total. The number of hydrogen-bond acceptors (Lipinski definition) is 3. The normalized spacial score (nSPS) is 28.7. The molecule has 1 saturated heterocycles. The largest absolute Gasteiger partial charge is 0.480 e. The van der Waals surface area contributed by atoms with Crippen LogP contribution in [-0.4, -0.2) is 34.5 Å². The van der Waals surface area contributed by atoms with Crippen LogP contribution in [0.5, 0.6) is 0 Å². The summed E-state index contributed by atoms with van der Waals surface area (Å²) in [6.45, 7) is 0.570. The average Bonchev–Trinajstić information content (AvgIpc) is 3.00. The van der Waals surface area contributed by atoms with Gasteiger partial charge in [0.1, 0.15) is 6.04 Å². The zero-order valence-electron chi connectivity index (χ0n) is 10.5. The summed E-state index contributed by atoms with van der Waals surface area (Å²) in [6.07, 6.45) is 3.03. The summed E-state index contributed by atoms with van der Waals surface area (Å²) >= 11 is 8.16. The molecule has 108 valence electrons. The first kappa shape index (κ1) is 14.5. The fraction of sp³-hybridized carbons (Fsp3) is 0.538. The standard InChI is InChI=1S/C13H13Br2NO3S/c14-9-4-8(11(15)20-9)12(17)16-5-6-2-1-3-7(6)10(16)13(18)19/h4,6-7,10H,1-3,5H2,(H,18,19). The third kappa shape index (κ3) is 2.33. The van der Waals surface area contributed by atoms with Gasteiger partial charge in [-0.2, -0.15) is 0 Å². The molecule has 3 rings (SSSR count). The predicted octanol–water partition coefficient (Wildman–Crippen LogP) is 3.60. The first-order chi connectivity index (χ1) is 9.49. The summed E-state index contributed by atoms with van der Waals surface area (Å²) in [5.74, 6) is -0.586. The SMILES string of the molecule is O=C(O)C1C2CCCC2CN1C(=O)c1cc(Br)sc1Br. The second kappa shape index (κ2) is 5.42. The third-order valence-electron chi connectivity index (χ3n) is 4.29. The van der Waals surface area contributed by atoms with E-state index in [1.165, 1.54) is 11.3 Å². The van der Waals surface area contributed by atoms with Gasteiger partial charge in [0, 0.05) is 6.54 Å². The molecular formula is C13H13Br2NO3S. The molecule has 0 bridgehead atoms. The van der Waals surface area contributed by atoms with Gasteiger partial charge in [0.2, 0.25) is 0 Å². The van der Waals surface area contributed by atoms with E-state index in [9.17, 15) is 14.7 Å². The van der Waals surface area contributed by atoms with Crippen molar-refractivity contribution >= 4 is 55.1 Å². The first-order valence-electron chi connectivity index (χ1n) is 6.47. The van der Waals surface area contributed by atoms with Gasteiger partial charge in [0.25, 0.3) is 5.91 Å². The maximum Gasteiger partial charge on any atom is 0.326 e. The highest BCUT2D eigenvalue weighted by Crippen LogP contribution is 2.43. The number of fused-ring (bicyclic) bond motifs is 1. The molecule has 1 aromatic heterocycles. The molecule has 20 heavy (non-hydrogen) atoms. The lowest BCUT2D eigenvalue weighted by Crippen LogP contribution is -2.43. The van der Waals surface area contributed by atoms with Crippen LogP contribution in [0.15, 0.2) is 13.6 Å². The van der Waals surface area contributed by atoms with E-state index >= 15 is 0 Å². The second-order valence-electron chi connectivity index (χ2n) is 5.33. The number of aliphatic carboxylic acids is 1. The molecule has 2 fully saturated rings. The van der Waals surface area contributed by atoms with Crippen molar-refractivity contribution in [3.05, 3.63) is 19.2 Å². The maximum atomic E-state index is 12.6. The maximum absolute atomic E-state index is 12.6. The van der Waals surface area contributed by atoms with E-state index < -0.39 is 12.0 Å². The smallest absolute Gasteiger partial charge is 0.326 e. The molecule has 0 radical (unpaired) electrons. The van der Waals surface area contributed by atoms with Crippen molar-refractivity contribution in [1.82, 2.24) is 4.90 Å². The van der Waals surface area contributed by atoms with Crippen LogP contribution < -0.4 is 0 Å². The van der Waals surface area contributed by atoms with E-state index in [-0.39, 0.29) is 11.8 Å². The van der Waals surface area contributed by atoms with Gasteiger partial charge in [-0.05, 0) is 62.6 Å². The van der Waals surface area contributed by atoms with Crippen molar-refractivity contribution in [3.63, 3.8) is 0 Å². The number of halogens is 2. The van der Waals surface area contributed by atoms with Gasteiger partial charge in [0.05, 0.1) is 13.1 Å². The van der Waals surface area contributed by atoms with Crippen molar-refractivity contribution in [2.24, 2.45) is 11.8 Å². The van der Waals surface area contributed by atoms with Crippen molar-refractivity contribution in [3.8, 4) is 0 Å². The summed E-state index contributed by atoms with van der Waals surface area (Å²) in [6, 6.07) is 1.09. The van der Waals surface area contributed by atoms with Gasteiger partial charge >= 0.3 is 5.97 Å². The summed E-state index contributed by atoms with van der Waals surface area (Å²) in [4.78, 5) is 25.8. The second-order valence-corrected chi connectivity index (χ2v) is 9.08. The molecule has 1 aliphatic heterocycles. The molecule has 1 saturated carbocycles. The number of carbonyl (C=O) groups is 2. The number of thiophene rings is 1. The molecule has 2 heterocycles. The Hall–Kier alpha value is -0.400. The molecule has 1 amide bonds. The average molecular weight is 423 g/mol. The van der Waals surface area contributed by atoms with Crippen LogP contribution in [0, 0.1) is 11.8 Å². The van der Waals surface area contributed by atoms with Crippen LogP contribution in [0.2, 0.25) is 0 Å². The number of nitrogens with zero attached hydrogens (tertiary/aromatic N) is 1. The highest BCUT2D eigenvalue weighted by Gasteiger charge is 2.49. The molecule has 1 N–H and O–H groups in total. The summed E-state index contributed by atoms with van der Waals surface area (Å²) in [5, 5.41) is 9.49. The number of carboxylic acid groups (broad SMARTS) is 1. The first-order valence-corrected chi connectivity index (χ1v) is 8.88. The van der Waals surface area contributed by atoms with Gasteiger partial charge in [0.15, 0.2) is 0 Å². The van der Waals surface area contributed by atoms with Gasteiger partial charge in [-0.1, -0.05) is 6.42 Å². The minimum Gasteiger partial charge on any atom is -0.480 e. The molecule has 2 aliphatic rings. The van der Waals surface area contributed by atoms with E-state index in [4.69, 9.17) is 0 Å². The van der Waals surface area contributed by atoms with Crippen molar-refractivity contribution < 1.29 is 14.7 Å². The summed E-state index contributed by atoms with van der Waals surface area (Å²) in [7, 11) is 0. The van der Waals surface area contributed by atoms with E-state index in [1.807, 2.05) is 0 Å². The van der Waals surface area contributed by atoms with Gasteiger partial charge in [-0.25, -0.2) is 4.79 Å². The monoisotopic (exact) mass is 421 g/mol. The Morgan fingerprint density at radius 3 is 2.70 bits per heavy atom. The highest BCUT2D eigenvalue weighted by molar-refractivity contribution is 9.12. The van der Waals surface area contributed by atoms with Gasteiger partial charge < -0.3 is 10.0 Å². The van der Waals surface area contributed by atoms with E-state index in [0.717, 1.165) is 26.8 Å². The number of hydrogen-bond donors (Lipinski definition) is 1. The predicted molar refractivity (Wildman–Crippen MR) is 83.0 cm³/mol. The Bertz CT molecular complexity index is 574. The fourth-order valence-corrected chi connectivity index (χ4v) is 6.25. The minimum atomic E-state index is -0.877. The van der Waals surface area contributed by atoms with Gasteiger partial charge in [-0.3, -0.25) is 4.79 Å². The van der Waals surface area contributed by atoms with Crippen molar-refractivity contribution in [2.45, 2.75) is 25.3 Å². The van der Waals surface area contributed by atoms with Crippen LogP contribution in [0.4, 0.5) is 0 Å². The number of carbonyl (C=O) groups excluding carboxylic acids is 1. The molecule has 3 atom stereocenters.